The molecule has 0 saturated heterocycles. The molecular formula is C25H17ClN4O3. The summed E-state index contributed by atoms with van der Waals surface area (Å²) in [6.07, 6.45) is 3.28. The van der Waals surface area contributed by atoms with Crippen LogP contribution in [-0.2, 0) is 6.54 Å². The molecule has 0 bridgehead atoms. The van der Waals surface area contributed by atoms with E-state index in [1.807, 2.05) is 24.3 Å². The number of imide groups is 1. The van der Waals surface area contributed by atoms with E-state index in [1.165, 1.54) is 6.07 Å². The molecule has 0 fully saturated rings. The average Bonchev–Trinajstić information content (AvgIpc) is 3.37. The summed E-state index contributed by atoms with van der Waals surface area (Å²) in [5, 5.41) is 7.74. The van der Waals surface area contributed by atoms with Gasteiger partial charge < -0.3 is 5.32 Å². The number of fused-ring (bicyclic) bond motifs is 1. The van der Waals surface area contributed by atoms with Crippen molar-refractivity contribution >= 4 is 40.7 Å². The fraction of sp³-hybridized carbons (Fsp3) is 0.0400. The average molecular weight is 457 g/mol. The fourth-order valence-corrected chi connectivity index (χ4v) is 3.83. The van der Waals surface area contributed by atoms with Gasteiger partial charge >= 0.3 is 0 Å². The molecule has 5 rings (SSSR count). The van der Waals surface area contributed by atoms with Crippen molar-refractivity contribution in [1.82, 2.24) is 9.78 Å². The maximum Gasteiger partial charge on any atom is 0.266 e. The van der Waals surface area contributed by atoms with Gasteiger partial charge in [0.15, 0.2) is 0 Å². The highest BCUT2D eigenvalue weighted by atomic mass is 35.5. The Morgan fingerprint density at radius 2 is 1.61 bits per heavy atom. The zero-order valence-electron chi connectivity index (χ0n) is 17.2. The summed E-state index contributed by atoms with van der Waals surface area (Å²) in [4.78, 5) is 39.4. The third kappa shape index (κ3) is 4.02. The summed E-state index contributed by atoms with van der Waals surface area (Å²) >= 11 is 5.92. The molecule has 1 N–H and O–H groups in total. The first kappa shape index (κ1) is 20.7. The number of carbonyl (C=O) groups is 3. The first-order chi connectivity index (χ1) is 16.0. The summed E-state index contributed by atoms with van der Waals surface area (Å²) < 4.78 is 1.70. The maximum absolute atomic E-state index is 12.8. The van der Waals surface area contributed by atoms with Crippen molar-refractivity contribution in [1.29, 1.82) is 0 Å². The standard InChI is InChI=1S/C25H17ClN4O3/c26-18-10-8-16(9-11-18)14-29-15-19(13-27-29)28-23(31)17-4-3-5-20(12-17)30-24(32)21-6-1-2-7-22(21)25(30)33/h1-13,15H,14H2,(H,28,31). The summed E-state index contributed by atoms with van der Waals surface area (Å²) in [6.45, 7) is 0.530. The minimum atomic E-state index is -0.406. The molecule has 0 spiro atoms. The monoisotopic (exact) mass is 456 g/mol. The van der Waals surface area contributed by atoms with Gasteiger partial charge in [-0.05, 0) is 48.0 Å². The quantitative estimate of drug-likeness (QED) is 0.443. The summed E-state index contributed by atoms with van der Waals surface area (Å²) in [7, 11) is 0. The molecule has 7 nitrogen and oxygen atoms in total. The van der Waals surface area contributed by atoms with Crippen molar-refractivity contribution < 1.29 is 14.4 Å². The lowest BCUT2D eigenvalue weighted by molar-refractivity contribution is 0.0924. The topological polar surface area (TPSA) is 84.3 Å². The molecule has 1 aromatic heterocycles. The number of amides is 3. The van der Waals surface area contributed by atoms with Crippen molar-refractivity contribution in [3.05, 3.63) is 112 Å². The molecule has 3 amide bonds. The number of anilines is 2. The Balaban J connectivity index is 1.31. The van der Waals surface area contributed by atoms with Crippen LogP contribution in [0.3, 0.4) is 0 Å². The van der Waals surface area contributed by atoms with Gasteiger partial charge in [-0.25, -0.2) is 4.90 Å². The molecule has 1 aliphatic rings. The van der Waals surface area contributed by atoms with Gasteiger partial charge in [-0.2, -0.15) is 5.10 Å². The van der Waals surface area contributed by atoms with Crippen LogP contribution in [-0.4, -0.2) is 27.5 Å². The molecule has 0 radical (unpaired) electrons. The van der Waals surface area contributed by atoms with Crippen LogP contribution in [0.25, 0.3) is 0 Å². The van der Waals surface area contributed by atoms with Crippen LogP contribution in [0.1, 0.15) is 36.6 Å². The van der Waals surface area contributed by atoms with Gasteiger partial charge in [0.25, 0.3) is 17.7 Å². The molecular weight excluding hydrogens is 440 g/mol. The van der Waals surface area contributed by atoms with Gasteiger partial charge in [-0.15, -0.1) is 0 Å². The summed E-state index contributed by atoms with van der Waals surface area (Å²) in [6, 6.07) is 20.5. The maximum atomic E-state index is 12.8. The van der Waals surface area contributed by atoms with E-state index in [2.05, 4.69) is 10.4 Å². The first-order valence-electron chi connectivity index (χ1n) is 10.2. The highest BCUT2D eigenvalue weighted by Crippen LogP contribution is 2.29. The minimum absolute atomic E-state index is 0.314. The Kier molecular flexibility index (Phi) is 5.24. The van der Waals surface area contributed by atoms with E-state index in [-0.39, 0.29) is 5.91 Å². The van der Waals surface area contributed by atoms with Gasteiger partial charge in [0.2, 0.25) is 0 Å². The van der Waals surface area contributed by atoms with Crippen LogP contribution in [0.4, 0.5) is 11.4 Å². The van der Waals surface area contributed by atoms with E-state index in [4.69, 9.17) is 11.6 Å². The van der Waals surface area contributed by atoms with Crippen LogP contribution in [0.5, 0.6) is 0 Å². The Hall–Kier alpha value is -4.23. The van der Waals surface area contributed by atoms with Crippen LogP contribution >= 0.6 is 11.6 Å². The number of benzene rings is 3. The van der Waals surface area contributed by atoms with Crippen LogP contribution in [0, 0.1) is 0 Å². The second kappa shape index (κ2) is 8.37. The van der Waals surface area contributed by atoms with Gasteiger partial charge in [0.05, 0.1) is 35.2 Å². The largest absolute Gasteiger partial charge is 0.319 e. The lowest BCUT2D eigenvalue weighted by atomic mass is 10.1. The second-order valence-corrected chi connectivity index (χ2v) is 7.99. The molecule has 0 saturated carbocycles. The number of rotatable bonds is 5. The van der Waals surface area contributed by atoms with Crippen molar-refractivity contribution in [3.8, 4) is 0 Å². The predicted octanol–water partition coefficient (Wildman–Crippen LogP) is 4.64. The number of carbonyl (C=O) groups excluding carboxylic acids is 3. The molecule has 2 heterocycles. The number of hydrogen-bond donors (Lipinski definition) is 1. The van der Waals surface area contributed by atoms with Gasteiger partial charge in [-0.3, -0.25) is 19.1 Å². The Bertz CT molecular complexity index is 1360. The molecule has 0 unspecified atom stereocenters. The van der Waals surface area contributed by atoms with Crippen molar-refractivity contribution in [2.45, 2.75) is 6.54 Å². The molecule has 4 aromatic rings. The highest BCUT2D eigenvalue weighted by Gasteiger charge is 2.36. The molecule has 33 heavy (non-hydrogen) atoms. The van der Waals surface area contributed by atoms with Gasteiger partial charge in [-0.1, -0.05) is 41.9 Å². The number of aromatic nitrogens is 2. The van der Waals surface area contributed by atoms with Gasteiger partial charge in [0.1, 0.15) is 0 Å². The van der Waals surface area contributed by atoms with Crippen LogP contribution in [0.15, 0.2) is 85.2 Å². The van der Waals surface area contributed by atoms with E-state index in [1.54, 1.807) is 59.5 Å². The minimum Gasteiger partial charge on any atom is -0.319 e. The third-order valence-corrected chi connectivity index (χ3v) is 5.56. The van der Waals surface area contributed by atoms with Crippen molar-refractivity contribution in [2.75, 3.05) is 10.2 Å². The van der Waals surface area contributed by atoms with Crippen molar-refractivity contribution in [2.24, 2.45) is 0 Å². The SMILES string of the molecule is O=C(Nc1cnn(Cc2ccc(Cl)cc2)c1)c1cccc(N2C(=O)c3ccccc3C2=O)c1. The molecule has 1 aliphatic heterocycles. The van der Waals surface area contributed by atoms with Crippen LogP contribution in [0.2, 0.25) is 5.02 Å². The number of nitrogens with zero attached hydrogens (tertiary/aromatic N) is 3. The molecule has 0 atom stereocenters. The lowest BCUT2D eigenvalue weighted by Crippen LogP contribution is -2.29. The van der Waals surface area contributed by atoms with Crippen LogP contribution < -0.4 is 10.2 Å². The molecule has 3 aromatic carbocycles. The van der Waals surface area contributed by atoms with E-state index < -0.39 is 11.8 Å². The Labute approximate surface area is 194 Å². The zero-order valence-corrected chi connectivity index (χ0v) is 18.0. The normalized spacial score (nSPS) is 12.7. The number of hydrogen-bond acceptors (Lipinski definition) is 4. The molecule has 8 heteroatoms. The summed E-state index contributed by atoms with van der Waals surface area (Å²) in [5.41, 5.74) is 2.91. The molecule has 0 aliphatic carbocycles. The Morgan fingerprint density at radius 1 is 0.909 bits per heavy atom. The Morgan fingerprint density at radius 3 is 2.30 bits per heavy atom. The molecule has 162 valence electrons. The predicted molar refractivity (Wildman–Crippen MR) is 125 cm³/mol. The first-order valence-corrected chi connectivity index (χ1v) is 10.5. The van der Waals surface area contributed by atoms with E-state index >= 15 is 0 Å². The smallest absolute Gasteiger partial charge is 0.266 e. The fourth-order valence-electron chi connectivity index (χ4n) is 3.70. The lowest BCUT2D eigenvalue weighted by Gasteiger charge is -2.15. The highest BCUT2D eigenvalue weighted by molar-refractivity contribution is 6.34. The number of nitrogens with one attached hydrogen (secondary N) is 1. The zero-order chi connectivity index (χ0) is 22.9. The van der Waals surface area contributed by atoms with Gasteiger partial charge in [0, 0.05) is 16.8 Å². The van der Waals surface area contributed by atoms with E-state index in [0.29, 0.717) is 39.6 Å². The van der Waals surface area contributed by atoms with E-state index in [0.717, 1.165) is 10.5 Å². The summed E-state index contributed by atoms with van der Waals surface area (Å²) in [5.74, 6) is -1.19. The number of halogens is 1. The second-order valence-electron chi connectivity index (χ2n) is 7.55. The third-order valence-electron chi connectivity index (χ3n) is 5.31. The van der Waals surface area contributed by atoms with E-state index in [9.17, 15) is 14.4 Å². The van der Waals surface area contributed by atoms with Crippen molar-refractivity contribution in [3.63, 3.8) is 0 Å².